The molecular formula is C13H18F2N2S. The molecule has 0 heterocycles. The number of hydrogen-bond donors (Lipinski definition) is 2. The molecule has 0 bridgehead atoms. The Labute approximate surface area is 110 Å². The summed E-state index contributed by atoms with van der Waals surface area (Å²) in [4.78, 5) is 0. The second kappa shape index (κ2) is 5.78. The second-order valence-corrected chi connectivity index (χ2v) is 5.80. The van der Waals surface area contributed by atoms with Crippen LogP contribution in [0.25, 0.3) is 0 Å². The van der Waals surface area contributed by atoms with Gasteiger partial charge in [0.25, 0.3) is 6.43 Å². The van der Waals surface area contributed by atoms with Crippen LogP contribution in [-0.2, 0) is 0 Å². The van der Waals surface area contributed by atoms with E-state index in [1.165, 1.54) is 6.07 Å². The summed E-state index contributed by atoms with van der Waals surface area (Å²) < 4.78 is 25.8. The third-order valence-electron chi connectivity index (χ3n) is 3.39. The number of thioether (sulfide) groups is 1. The molecule has 2 atom stereocenters. The van der Waals surface area contributed by atoms with Gasteiger partial charge in [0.1, 0.15) is 0 Å². The van der Waals surface area contributed by atoms with Crippen LogP contribution in [0.5, 0.6) is 0 Å². The van der Waals surface area contributed by atoms with Gasteiger partial charge in [-0.1, -0.05) is 0 Å². The fraction of sp³-hybridized carbons (Fsp3) is 0.538. The Hall–Kier alpha value is -0.970. The molecule has 3 N–H and O–H groups in total. The highest BCUT2D eigenvalue weighted by molar-refractivity contribution is 7.99. The molecule has 0 radical (unpaired) electrons. The lowest BCUT2D eigenvalue weighted by atomic mass is 10.1. The molecule has 1 aromatic carbocycles. The van der Waals surface area contributed by atoms with Gasteiger partial charge in [0.15, 0.2) is 0 Å². The fourth-order valence-corrected chi connectivity index (χ4v) is 3.19. The first-order chi connectivity index (χ1) is 8.60. The maximum Gasteiger partial charge on any atom is 0.265 e. The van der Waals surface area contributed by atoms with Crippen LogP contribution in [0.3, 0.4) is 0 Å². The molecule has 5 heteroatoms. The quantitative estimate of drug-likeness (QED) is 0.816. The summed E-state index contributed by atoms with van der Waals surface area (Å²) in [5.41, 5.74) is 6.45. The van der Waals surface area contributed by atoms with E-state index in [1.54, 1.807) is 12.1 Å². The van der Waals surface area contributed by atoms with Crippen molar-refractivity contribution in [2.24, 2.45) is 0 Å². The van der Waals surface area contributed by atoms with Crippen molar-refractivity contribution in [2.45, 2.75) is 37.0 Å². The first kappa shape index (κ1) is 13.5. The highest BCUT2D eigenvalue weighted by Gasteiger charge is 2.25. The zero-order chi connectivity index (χ0) is 13.1. The van der Waals surface area contributed by atoms with Gasteiger partial charge in [-0.25, -0.2) is 8.78 Å². The Bertz CT molecular complexity index is 412. The van der Waals surface area contributed by atoms with Gasteiger partial charge < -0.3 is 11.1 Å². The number of benzene rings is 1. The average Bonchev–Trinajstić information content (AvgIpc) is 2.79. The second-order valence-electron chi connectivity index (χ2n) is 4.66. The molecule has 2 unspecified atom stereocenters. The standard InChI is InChI=1S/C13H18F2N2S/c1-18-10-4-3-9(7-10)17-12-5-2-8(16)6-11(12)13(14)15/h2,5-6,9-10,13,17H,3-4,7,16H2,1H3. The third-order valence-corrected chi connectivity index (χ3v) is 4.48. The zero-order valence-corrected chi connectivity index (χ0v) is 11.1. The van der Waals surface area contributed by atoms with Gasteiger partial charge in [0.2, 0.25) is 0 Å². The predicted molar refractivity (Wildman–Crippen MR) is 74.4 cm³/mol. The first-order valence-electron chi connectivity index (χ1n) is 6.07. The molecule has 18 heavy (non-hydrogen) atoms. The molecule has 1 fully saturated rings. The molecule has 1 aliphatic rings. The third kappa shape index (κ3) is 3.07. The van der Waals surface area contributed by atoms with Crippen LogP contribution in [0.15, 0.2) is 18.2 Å². The Morgan fingerprint density at radius 3 is 2.78 bits per heavy atom. The van der Waals surface area contributed by atoms with E-state index in [1.807, 2.05) is 11.8 Å². The summed E-state index contributed by atoms with van der Waals surface area (Å²) in [6.45, 7) is 0. The highest BCUT2D eigenvalue weighted by atomic mass is 32.2. The number of anilines is 2. The van der Waals surface area contributed by atoms with E-state index in [2.05, 4.69) is 11.6 Å². The molecule has 1 saturated carbocycles. The van der Waals surface area contributed by atoms with E-state index in [-0.39, 0.29) is 5.56 Å². The minimum atomic E-state index is -2.49. The van der Waals surface area contributed by atoms with Gasteiger partial charge in [0.05, 0.1) is 0 Å². The Morgan fingerprint density at radius 1 is 1.39 bits per heavy atom. The van der Waals surface area contributed by atoms with E-state index < -0.39 is 6.43 Å². The number of nitrogen functional groups attached to an aromatic ring is 1. The van der Waals surface area contributed by atoms with Crippen LogP contribution < -0.4 is 11.1 Å². The summed E-state index contributed by atoms with van der Waals surface area (Å²) in [5.74, 6) is 0. The van der Waals surface area contributed by atoms with Crippen LogP contribution in [0, 0.1) is 0 Å². The molecule has 100 valence electrons. The van der Waals surface area contributed by atoms with Crippen LogP contribution in [0.1, 0.15) is 31.3 Å². The van der Waals surface area contributed by atoms with E-state index in [9.17, 15) is 8.78 Å². The van der Waals surface area contributed by atoms with Crippen molar-refractivity contribution >= 4 is 23.1 Å². The van der Waals surface area contributed by atoms with Crippen molar-refractivity contribution in [1.29, 1.82) is 0 Å². The summed E-state index contributed by atoms with van der Waals surface area (Å²) >= 11 is 1.85. The van der Waals surface area contributed by atoms with Gasteiger partial charge in [-0.2, -0.15) is 11.8 Å². The molecule has 1 aliphatic carbocycles. The van der Waals surface area contributed by atoms with Gasteiger partial charge >= 0.3 is 0 Å². The summed E-state index contributed by atoms with van der Waals surface area (Å²) in [6.07, 6.45) is 2.83. The lowest BCUT2D eigenvalue weighted by Crippen LogP contribution is -2.17. The van der Waals surface area contributed by atoms with Crippen LogP contribution in [0.4, 0.5) is 20.2 Å². The summed E-state index contributed by atoms with van der Waals surface area (Å²) in [5, 5.41) is 3.88. The van der Waals surface area contributed by atoms with Crippen LogP contribution >= 0.6 is 11.8 Å². The maximum atomic E-state index is 12.9. The molecule has 2 rings (SSSR count). The predicted octanol–water partition coefficient (Wildman–Crippen LogP) is 3.90. The molecule has 0 aromatic heterocycles. The molecule has 0 aliphatic heterocycles. The smallest absolute Gasteiger partial charge is 0.265 e. The van der Waals surface area contributed by atoms with E-state index in [0.717, 1.165) is 19.3 Å². The Balaban J connectivity index is 2.09. The monoisotopic (exact) mass is 272 g/mol. The lowest BCUT2D eigenvalue weighted by Gasteiger charge is -2.17. The number of alkyl halides is 2. The van der Waals surface area contributed by atoms with Gasteiger partial charge in [-0.15, -0.1) is 0 Å². The van der Waals surface area contributed by atoms with Crippen molar-refractivity contribution in [3.63, 3.8) is 0 Å². The van der Waals surface area contributed by atoms with Crippen molar-refractivity contribution in [1.82, 2.24) is 0 Å². The largest absolute Gasteiger partial charge is 0.399 e. The lowest BCUT2D eigenvalue weighted by molar-refractivity contribution is 0.152. The Kier molecular flexibility index (Phi) is 4.32. The van der Waals surface area contributed by atoms with E-state index >= 15 is 0 Å². The fourth-order valence-electron chi connectivity index (χ4n) is 2.40. The van der Waals surface area contributed by atoms with Crippen molar-refractivity contribution in [3.8, 4) is 0 Å². The van der Waals surface area contributed by atoms with Crippen LogP contribution in [-0.4, -0.2) is 17.5 Å². The maximum absolute atomic E-state index is 12.9. The van der Waals surface area contributed by atoms with Crippen LogP contribution in [0.2, 0.25) is 0 Å². The highest BCUT2D eigenvalue weighted by Crippen LogP contribution is 2.34. The minimum Gasteiger partial charge on any atom is -0.399 e. The zero-order valence-electron chi connectivity index (χ0n) is 10.3. The Morgan fingerprint density at radius 2 is 2.17 bits per heavy atom. The van der Waals surface area contributed by atoms with E-state index in [4.69, 9.17) is 5.73 Å². The van der Waals surface area contributed by atoms with Gasteiger partial charge in [-0.3, -0.25) is 0 Å². The van der Waals surface area contributed by atoms with Gasteiger partial charge in [0, 0.05) is 28.2 Å². The number of rotatable bonds is 4. The number of halogens is 2. The molecule has 0 saturated heterocycles. The number of nitrogens with two attached hydrogens (primary N) is 1. The topological polar surface area (TPSA) is 38.0 Å². The number of nitrogens with one attached hydrogen (secondary N) is 1. The molecule has 0 amide bonds. The summed E-state index contributed by atoms with van der Waals surface area (Å²) in [6, 6.07) is 4.97. The average molecular weight is 272 g/mol. The normalized spacial score (nSPS) is 23.6. The van der Waals surface area contributed by atoms with E-state index in [0.29, 0.717) is 22.7 Å². The van der Waals surface area contributed by atoms with Crippen molar-refractivity contribution < 1.29 is 8.78 Å². The SMILES string of the molecule is CSC1CCC(Nc2ccc(N)cc2C(F)F)C1. The molecule has 2 nitrogen and oxygen atoms in total. The van der Waals surface area contributed by atoms with Gasteiger partial charge in [-0.05, 0) is 43.7 Å². The summed E-state index contributed by atoms with van der Waals surface area (Å²) in [7, 11) is 0. The van der Waals surface area contributed by atoms with Crippen molar-refractivity contribution in [3.05, 3.63) is 23.8 Å². The minimum absolute atomic E-state index is 0.00241. The first-order valence-corrected chi connectivity index (χ1v) is 7.36. The molecule has 0 spiro atoms. The molecule has 1 aromatic rings. The molecular weight excluding hydrogens is 254 g/mol. The number of hydrogen-bond acceptors (Lipinski definition) is 3. The van der Waals surface area contributed by atoms with Crippen molar-refractivity contribution in [2.75, 3.05) is 17.3 Å².